The standard InChI is InChI=1S/C10H16N2/c1-3-9-6-5-7-10(8-9)12(11)4-2/h5-8H,3-4,11H2,1-2H3. The number of hydrazine groups is 1. The topological polar surface area (TPSA) is 29.3 Å². The van der Waals surface area contributed by atoms with E-state index in [0.717, 1.165) is 18.7 Å². The average molecular weight is 164 g/mol. The van der Waals surface area contributed by atoms with E-state index in [1.54, 1.807) is 5.01 Å². The Bertz CT molecular complexity index is 245. The summed E-state index contributed by atoms with van der Waals surface area (Å²) in [6.45, 7) is 5.03. The van der Waals surface area contributed by atoms with Crippen molar-refractivity contribution >= 4 is 5.69 Å². The zero-order chi connectivity index (χ0) is 8.97. The molecule has 0 aromatic heterocycles. The molecule has 0 aliphatic rings. The van der Waals surface area contributed by atoms with Gasteiger partial charge in [-0.2, -0.15) is 0 Å². The van der Waals surface area contributed by atoms with E-state index < -0.39 is 0 Å². The largest absolute Gasteiger partial charge is 0.311 e. The van der Waals surface area contributed by atoms with Crippen LogP contribution in [0.15, 0.2) is 24.3 Å². The normalized spacial score (nSPS) is 9.92. The molecule has 2 N–H and O–H groups in total. The molecule has 0 unspecified atom stereocenters. The van der Waals surface area contributed by atoms with Crippen LogP contribution in [-0.4, -0.2) is 6.54 Å². The lowest BCUT2D eigenvalue weighted by molar-refractivity contribution is 0.889. The third kappa shape index (κ3) is 1.98. The van der Waals surface area contributed by atoms with E-state index in [1.807, 2.05) is 19.1 Å². The second-order valence-electron chi connectivity index (χ2n) is 2.81. The van der Waals surface area contributed by atoms with Crippen LogP contribution in [0.4, 0.5) is 5.69 Å². The lowest BCUT2D eigenvalue weighted by Crippen LogP contribution is -2.30. The molecule has 1 aromatic rings. The van der Waals surface area contributed by atoms with E-state index >= 15 is 0 Å². The molecule has 12 heavy (non-hydrogen) atoms. The van der Waals surface area contributed by atoms with Gasteiger partial charge in [0.1, 0.15) is 0 Å². The average Bonchev–Trinajstić information content (AvgIpc) is 2.17. The summed E-state index contributed by atoms with van der Waals surface area (Å²) in [6.07, 6.45) is 1.06. The predicted octanol–water partition coefficient (Wildman–Crippen LogP) is 1.95. The summed E-state index contributed by atoms with van der Waals surface area (Å²) in [5, 5.41) is 1.75. The first-order valence-electron chi connectivity index (χ1n) is 4.39. The Balaban J connectivity index is 2.86. The van der Waals surface area contributed by atoms with Gasteiger partial charge in [-0.1, -0.05) is 19.1 Å². The molecule has 1 aromatic carbocycles. The van der Waals surface area contributed by atoms with Crippen LogP contribution in [0.1, 0.15) is 19.4 Å². The molecule has 0 atom stereocenters. The summed E-state index contributed by atoms with van der Waals surface area (Å²) in [5.41, 5.74) is 2.42. The molecule has 66 valence electrons. The van der Waals surface area contributed by atoms with Crippen LogP contribution >= 0.6 is 0 Å². The van der Waals surface area contributed by atoms with Gasteiger partial charge in [0.25, 0.3) is 0 Å². The van der Waals surface area contributed by atoms with E-state index in [0.29, 0.717) is 0 Å². The third-order valence-corrected chi connectivity index (χ3v) is 1.99. The lowest BCUT2D eigenvalue weighted by Gasteiger charge is -2.16. The van der Waals surface area contributed by atoms with Crippen LogP contribution in [-0.2, 0) is 6.42 Å². The molecule has 0 aliphatic heterocycles. The van der Waals surface area contributed by atoms with Gasteiger partial charge in [-0.15, -0.1) is 0 Å². The molecule has 1 rings (SSSR count). The zero-order valence-corrected chi connectivity index (χ0v) is 7.75. The number of anilines is 1. The zero-order valence-electron chi connectivity index (χ0n) is 7.75. The number of nitrogens with zero attached hydrogens (tertiary/aromatic N) is 1. The molecule has 0 radical (unpaired) electrons. The summed E-state index contributed by atoms with van der Waals surface area (Å²) in [4.78, 5) is 0. The van der Waals surface area contributed by atoms with Gasteiger partial charge in [0, 0.05) is 6.54 Å². The van der Waals surface area contributed by atoms with Gasteiger partial charge in [-0.05, 0) is 31.0 Å². The number of nitrogens with two attached hydrogens (primary N) is 1. The quantitative estimate of drug-likeness (QED) is 0.546. The van der Waals surface area contributed by atoms with Crippen LogP contribution in [0, 0.1) is 0 Å². The fourth-order valence-corrected chi connectivity index (χ4v) is 1.14. The number of hydrogen-bond acceptors (Lipinski definition) is 2. The summed E-state index contributed by atoms with van der Waals surface area (Å²) >= 11 is 0. The first-order chi connectivity index (χ1) is 5.77. The minimum atomic E-state index is 0.840. The van der Waals surface area contributed by atoms with Crippen LogP contribution in [0.3, 0.4) is 0 Å². The van der Waals surface area contributed by atoms with Gasteiger partial charge in [0.2, 0.25) is 0 Å². The van der Waals surface area contributed by atoms with Crippen molar-refractivity contribution in [1.82, 2.24) is 0 Å². The minimum absolute atomic E-state index is 0.840. The Morgan fingerprint density at radius 2 is 2.08 bits per heavy atom. The SMILES string of the molecule is CCc1cccc(N(N)CC)c1. The van der Waals surface area contributed by atoms with Crippen molar-refractivity contribution < 1.29 is 0 Å². The van der Waals surface area contributed by atoms with E-state index in [1.165, 1.54) is 5.56 Å². The van der Waals surface area contributed by atoms with E-state index in [4.69, 9.17) is 5.84 Å². The van der Waals surface area contributed by atoms with Crippen molar-refractivity contribution in [1.29, 1.82) is 0 Å². The molecule has 0 saturated heterocycles. The molecular formula is C10H16N2. The molecule has 0 saturated carbocycles. The Kier molecular flexibility index (Phi) is 3.11. The monoisotopic (exact) mass is 164 g/mol. The molecule has 0 fully saturated rings. The first-order valence-corrected chi connectivity index (χ1v) is 4.39. The highest BCUT2D eigenvalue weighted by atomic mass is 15.4. The van der Waals surface area contributed by atoms with Crippen molar-refractivity contribution in [3.8, 4) is 0 Å². The van der Waals surface area contributed by atoms with E-state index in [2.05, 4.69) is 19.1 Å². The Morgan fingerprint density at radius 3 is 2.67 bits per heavy atom. The van der Waals surface area contributed by atoms with Gasteiger partial charge in [0.15, 0.2) is 0 Å². The lowest BCUT2D eigenvalue weighted by atomic mass is 10.1. The number of aryl methyl sites for hydroxylation is 1. The third-order valence-electron chi connectivity index (χ3n) is 1.99. The van der Waals surface area contributed by atoms with Gasteiger partial charge in [-0.25, -0.2) is 5.84 Å². The first kappa shape index (κ1) is 9.07. The molecule has 0 aliphatic carbocycles. The molecule has 0 spiro atoms. The highest BCUT2D eigenvalue weighted by Gasteiger charge is 1.97. The van der Waals surface area contributed by atoms with Crippen molar-refractivity contribution in [2.24, 2.45) is 5.84 Å². The maximum absolute atomic E-state index is 5.75. The molecular weight excluding hydrogens is 148 g/mol. The Labute approximate surface area is 74.0 Å². The molecule has 0 heterocycles. The molecule has 2 nitrogen and oxygen atoms in total. The summed E-state index contributed by atoms with van der Waals surface area (Å²) < 4.78 is 0. The van der Waals surface area contributed by atoms with E-state index in [-0.39, 0.29) is 0 Å². The van der Waals surface area contributed by atoms with Crippen molar-refractivity contribution in [3.05, 3.63) is 29.8 Å². The van der Waals surface area contributed by atoms with Crippen molar-refractivity contribution in [3.63, 3.8) is 0 Å². The van der Waals surface area contributed by atoms with Crippen LogP contribution in [0.2, 0.25) is 0 Å². The van der Waals surface area contributed by atoms with Gasteiger partial charge < -0.3 is 5.01 Å². The van der Waals surface area contributed by atoms with Crippen LogP contribution < -0.4 is 10.9 Å². The minimum Gasteiger partial charge on any atom is -0.311 e. The van der Waals surface area contributed by atoms with Crippen molar-refractivity contribution in [2.75, 3.05) is 11.6 Å². The second kappa shape index (κ2) is 4.12. The number of hydrogen-bond donors (Lipinski definition) is 1. The highest BCUT2D eigenvalue weighted by Crippen LogP contribution is 2.13. The molecule has 0 bridgehead atoms. The van der Waals surface area contributed by atoms with Crippen LogP contribution in [0.25, 0.3) is 0 Å². The predicted molar refractivity (Wildman–Crippen MR) is 53.0 cm³/mol. The van der Waals surface area contributed by atoms with Gasteiger partial charge >= 0.3 is 0 Å². The van der Waals surface area contributed by atoms with Crippen LogP contribution in [0.5, 0.6) is 0 Å². The summed E-state index contributed by atoms with van der Waals surface area (Å²) in [6, 6.07) is 8.32. The number of benzene rings is 1. The fourth-order valence-electron chi connectivity index (χ4n) is 1.14. The Morgan fingerprint density at radius 1 is 1.33 bits per heavy atom. The Hall–Kier alpha value is -1.02. The molecule has 0 amide bonds. The number of rotatable bonds is 3. The summed E-state index contributed by atoms with van der Waals surface area (Å²) in [7, 11) is 0. The summed E-state index contributed by atoms with van der Waals surface area (Å²) in [5.74, 6) is 5.75. The molecule has 2 heteroatoms. The van der Waals surface area contributed by atoms with Crippen molar-refractivity contribution in [2.45, 2.75) is 20.3 Å². The van der Waals surface area contributed by atoms with Gasteiger partial charge in [0.05, 0.1) is 5.69 Å². The highest BCUT2D eigenvalue weighted by molar-refractivity contribution is 5.46. The van der Waals surface area contributed by atoms with E-state index in [9.17, 15) is 0 Å². The smallest absolute Gasteiger partial charge is 0.0519 e. The maximum atomic E-state index is 5.75. The maximum Gasteiger partial charge on any atom is 0.0519 e. The van der Waals surface area contributed by atoms with Gasteiger partial charge in [-0.3, -0.25) is 0 Å². The second-order valence-corrected chi connectivity index (χ2v) is 2.81. The fraction of sp³-hybridized carbons (Fsp3) is 0.400.